The van der Waals surface area contributed by atoms with E-state index < -0.39 is 5.54 Å². The van der Waals surface area contributed by atoms with Gasteiger partial charge in [-0.05, 0) is 25.0 Å². The van der Waals surface area contributed by atoms with Crippen molar-refractivity contribution < 1.29 is 4.79 Å². The van der Waals surface area contributed by atoms with Gasteiger partial charge in [0.05, 0.1) is 5.69 Å². The first-order chi connectivity index (χ1) is 8.73. The summed E-state index contributed by atoms with van der Waals surface area (Å²) < 4.78 is 0. The summed E-state index contributed by atoms with van der Waals surface area (Å²) in [7, 11) is 0. The van der Waals surface area contributed by atoms with Crippen LogP contribution in [-0.2, 0) is 4.79 Å². The largest absolute Gasteiger partial charge is 0.368 e. The van der Waals surface area contributed by atoms with Gasteiger partial charge in [0.1, 0.15) is 0 Å². The van der Waals surface area contributed by atoms with Crippen LogP contribution in [0.15, 0.2) is 40.6 Å². The molecule has 0 heterocycles. The third-order valence-corrected chi connectivity index (χ3v) is 3.50. The van der Waals surface area contributed by atoms with Crippen LogP contribution in [0.5, 0.6) is 0 Å². The van der Waals surface area contributed by atoms with E-state index >= 15 is 0 Å². The highest BCUT2D eigenvalue weighted by Gasteiger charge is 2.37. The van der Waals surface area contributed by atoms with Gasteiger partial charge < -0.3 is 5.73 Å². The summed E-state index contributed by atoms with van der Waals surface area (Å²) in [6.45, 7) is 0. The quantitative estimate of drug-likeness (QED) is 0.644. The number of nitrogens with two attached hydrogens (primary N) is 1. The highest BCUT2D eigenvalue weighted by molar-refractivity contribution is 5.84. The Hall–Kier alpha value is -1.71. The van der Waals surface area contributed by atoms with E-state index in [9.17, 15) is 4.79 Å². The van der Waals surface area contributed by atoms with E-state index in [-0.39, 0.29) is 5.91 Å². The molecule has 18 heavy (non-hydrogen) atoms. The van der Waals surface area contributed by atoms with Crippen LogP contribution < -0.4 is 5.73 Å². The molecule has 96 valence electrons. The van der Waals surface area contributed by atoms with Crippen LogP contribution in [0.25, 0.3) is 0 Å². The van der Waals surface area contributed by atoms with Gasteiger partial charge in [-0.15, -0.1) is 0 Å². The van der Waals surface area contributed by atoms with Crippen molar-refractivity contribution in [3.8, 4) is 0 Å². The molecule has 4 nitrogen and oxygen atoms in total. The Labute approximate surface area is 107 Å². The lowest BCUT2D eigenvalue weighted by molar-refractivity contribution is -0.123. The van der Waals surface area contributed by atoms with Gasteiger partial charge in [-0.25, -0.2) is 0 Å². The van der Waals surface area contributed by atoms with Crippen LogP contribution in [0.2, 0.25) is 0 Å². The van der Waals surface area contributed by atoms with E-state index in [1.165, 1.54) is 0 Å². The standard InChI is InChI=1S/C14H19N3O/c15-13(18)14(10-6-1-2-7-11-14)17-16-12-8-4-3-5-9-12/h3-5,8-9H,1-2,6-7,10-11H2,(H2,15,18). The Morgan fingerprint density at radius 3 is 2.22 bits per heavy atom. The molecule has 0 unspecified atom stereocenters. The first-order valence-corrected chi connectivity index (χ1v) is 6.51. The molecule has 0 aliphatic heterocycles. The Morgan fingerprint density at radius 2 is 1.67 bits per heavy atom. The maximum absolute atomic E-state index is 11.7. The Bertz CT molecular complexity index is 420. The molecule has 1 aromatic rings. The summed E-state index contributed by atoms with van der Waals surface area (Å²) in [5.74, 6) is -0.343. The summed E-state index contributed by atoms with van der Waals surface area (Å²) in [6.07, 6.45) is 5.73. The van der Waals surface area contributed by atoms with Crippen LogP contribution in [0, 0.1) is 0 Å². The molecule has 4 heteroatoms. The number of azo groups is 1. The zero-order chi connectivity index (χ0) is 12.8. The smallest absolute Gasteiger partial charge is 0.247 e. The third-order valence-electron chi connectivity index (χ3n) is 3.50. The van der Waals surface area contributed by atoms with Crippen molar-refractivity contribution in [3.63, 3.8) is 0 Å². The Balaban J connectivity index is 2.20. The van der Waals surface area contributed by atoms with Crippen LogP contribution in [0.3, 0.4) is 0 Å². The van der Waals surface area contributed by atoms with Gasteiger partial charge in [-0.2, -0.15) is 10.2 Å². The molecule has 0 atom stereocenters. The number of hydrogen-bond donors (Lipinski definition) is 1. The third kappa shape index (κ3) is 2.94. The van der Waals surface area contributed by atoms with E-state index in [1.54, 1.807) is 0 Å². The molecule has 0 aromatic heterocycles. The fourth-order valence-corrected chi connectivity index (χ4v) is 2.36. The minimum atomic E-state index is -0.785. The van der Waals surface area contributed by atoms with E-state index in [1.807, 2.05) is 30.3 Å². The summed E-state index contributed by atoms with van der Waals surface area (Å²) in [5, 5.41) is 8.48. The van der Waals surface area contributed by atoms with Crippen LogP contribution in [0.1, 0.15) is 38.5 Å². The van der Waals surface area contributed by atoms with Crippen LogP contribution in [-0.4, -0.2) is 11.4 Å². The number of primary amides is 1. The summed E-state index contributed by atoms with van der Waals surface area (Å²) in [4.78, 5) is 11.7. The minimum absolute atomic E-state index is 0.343. The normalized spacial score (nSPS) is 19.6. The minimum Gasteiger partial charge on any atom is -0.368 e. The maximum Gasteiger partial charge on any atom is 0.247 e. The van der Waals surface area contributed by atoms with Crippen molar-refractivity contribution >= 4 is 11.6 Å². The predicted molar refractivity (Wildman–Crippen MR) is 70.6 cm³/mol. The van der Waals surface area contributed by atoms with Crippen molar-refractivity contribution in [2.24, 2.45) is 16.0 Å². The monoisotopic (exact) mass is 245 g/mol. The van der Waals surface area contributed by atoms with E-state index in [2.05, 4.69) is 10.2 Å². The molecule has 1 fully saturated rings. The Morgan fingerprint density at radius 1 is 1.06 bits per heavy atom. The molecular weight excluding hydrogens is 226 g/mol. The van der Waals surface area contributed by atoms with Gasteiger partial charge in [0.15, 0.2) is 5.54 Å². The average Bonchev–Trinajstić information content (AvgIpc) is 2.64. The molecule has 1 aliphatic rings. The number of carbonyl (C=O) groups is 1. The number of carbonyl (C=O) groups excluding carboxylic acids is 1. The van der Waals surface area contributed by atoms with Crippen molar-refractivity contribution in [2.45, 2.75) is 44.1 Å². The SMILES string of the molecule is NC(=O)C1(N=Nc2ccccc2)CCCCCC1. The van der Waals surface area contributed by atoms with Crippen molar-refractivity contribution in [3.05, 3.63) is 30.3 Å². The molecule has 0 radical (unpaired) electrons. The van der Waals surface area contributed by atoms with Gasteiger partial charge in [0.2, 0.25) is 5.91 Å². The fourth-order valence-electron chi connectivity index (χ4n) is 2.36. The van der Waals surface area contributed by atoms with Crippen molar-refractivity contribution in [1.82, 2.24) is 0 Å². The van der Waals surface area contributed by atoms with Gasteiger partial charge in [0.25, 0.3) is 0 Å². The summed E-state index contributed by atoms with van der Waals surface area (Å²) in [5.41, 5.74) is 5.52. The van der Waals surface area contributed by atoms with Crippen LogP contribution >= 0.6 is 0 Å². The molecule has 0 bridgehead atoms. The molecule has 1 saturated carbocycles. The van der Waals surface area contributed by atoms with E-state index in [0.29, 0.717) is 0 Å². The molecule has 2 N–H and O–H groups in total. The molecule has 2 rings (SSSR count). The molecule has 0 saturated heterocycles. The number of amides is 1. The molecule has 1 amide bonds. The second-order valence-corrected chi connectivity index (χ2v) is 4.85. The number of rotatable bonds is 3. The maximum atomic E-state index is 11.7. The second-order valence-electron chi connectivity index (χ2n) is 4.85. The van der Waals surface area contributed by atoms with E-state index in [0.717, 1.165) is 44.2 Å². The highest BCUT2D eigenvalue weighted by Crippen LogP contribution is 2.31. The predicted octanol–water partition coefficient (Wildman–Crippen LogP) is 3.35. The van der Waals surface area contributed by atoms with Gasteiger partial charge in [0, 0.05) is 0 Å². The lowest BCUT2D eigenvalue weighted by Gasteiger charge is -2.22. The lowest BCUT2D eigenvalue weighted by Crippen LogP contribution is -2.41. The highest BCUT2D eigenvalue weighted by atomic mass is 16.1. The second kappa shape index (κ2) is 5.76. The number of benzene rings is 1. The van der Waals surface area contributed by atoms with Gasteiger partial charge in [-0.1, -0.05) is 43.9 Å². The lowest BCUT2D eigenvalue weighted by atomic mass is 9.91. The first kappa shape index (κ1) is 12.7. The van der Waals surface area contributed by atoms with Crippen molar-refractivity contribution in [1.29, 1.82) is 0 Å². The Kier molecular flexibility index (Phi) is 4.07. The van der Waals surface area contributed by atoms with Gasteiger partial charge >= 0.3 is 0 Å². The summed E-state index contributed by atoms with van der Waals surface area (Å²) >= 11 is 0. The number of nitrogens with zero attached hydrogens (tertiary/aromatic N) is 2. The molecule has 0 spiro atoms. The zero-order valence-electron chi connectivity index (χ0n) is 10.5. The van der Waals surface area contributed by atoms with E-state index in [4.69, 9.17) is 5.73 Å². The number of hydrogen-bond acceptors (Lipinski definition) is 3. The molecular formula is C14H19N3O. The van der Waals surface area contributed by atoms with Crippen molar-refractivity contribution in [2.75, 3.05) is 0 Å². The van der Waals surface area contributed by atoms with Crippen LogP contribution in [0.4, 0.5) is 5.69 Å². The van der Waals surface area contributed by atoms with Gasteiger partial charge in [-0.3, -0.25) is 4.79 Å². The molecule has 1 aromatic carbocycles. The molecule has 1 aliphatic carbocycles. The summed E-state index contributed by atoms with van der Waals surface area (Å²) in [6, 6.07) is 9.47. The fraction of sp³-hybridized carbons (Fsp3) is 0.500. The zero-order valence-corrected chi connectivity index (χ0v) is 10.5. The average molecular weight is 245 g/mol. The topological polar surface area (TPSA) is 67.8 Å². The first-order valence-electron chi connectivity index (χ1n) is 6.51.